The Kier molecular flexibility index (Phi) is 4.16. The molecule has 0 N–H and O–H groups in total. The minimum atomic E-state index is -0.103. The number of nitrogens with zero attached hydrogens (tertiary/aromatic N) is 2. The van der Waals surface area contributed by atoms with E-state index in [1.807, 2.05) is 18.2 Å². The van der Waals surface area contributed by atoms with Crippen molar-refractivity contribution in [1.82, 2.24) is 9.55 Å². The van der Waals surface area contributed by atoms with Gasteiger partial charge in [-0.2, -0.15) is 0 Å². The Labute approximate surface area is 139 Å². The third kappa shape index (κ3) is 2.80. The van der Waals surface area contributed by atoms with Crippen LogP contribution in [-0.2, 0) is 6.54 Å². The summed E-state index contributed by atoms with van der Waals surface area (Å²) in [5.41, 5.74) is 1.94. The standard InChI is InChI=1S/C19H18N2O3/c1-12(22)14-8-9-18(24-3)15(10-14)11-21-13(2)20-17-7-5-4-6-16(17)19(21)23/h4-10H,11H2,1-3H3. The van der Waals surface area contributed by atoms with Gasteiger partial charge >= 0.3 is 0 Å². The van der Waals surface area contributed by atoms with Crippen LogP contribution >= 0.6 is 0 Å². The maximum absolute atomic E-state index is 12.8. The molecule has 1 aromatic heterocycles. The third-order valence-electron chi connectivity index (χ3n) is 4.07. The van der Waals surface area contributed by atoms with Gasteiger partial charge in [-0.05, 0) is 44.2 Å². The second-order valence-electron chi connectivity index (χ2n) is 5.65. The van der Waals surface area contributed by atoms with Crippen LogP contribution in [0.1, 0.15) is 28.7 Å². The second kappa shape index (κ2) is 6.28. The van der Waals surface area contributed by atoms with Crippen molar-refractivity contribution < 1.29 is 9.53 Å². The molecule has 0 aliphatic rings. The summed E-state index contributed by atoms with van der Waals surface area (Å²) in [6.45, 7) is 3.61. The molecule has 0 fully saturated rings. The molecule has 3 rings (SSSR count). The monoisotopic (exact) mass is 322 g/mol. The number of benzene rings is 2. The molecular weight excluding hydrogens is 304 g/mol. The van der Waals surface area contributed by atoms with Gasteiger partial charge in [0.25, 0.3) is 5.56 Å². The predicted molar refractivity (Wildman–Crippen MR) is 92.8 cm³/mol. The molecule has 0 aliphatic carbocycles. The topological polar surface area (TPSA) is 61.2 Å². The molecule has 1 heterocycles. The molecule has 5 heteroatoms. The van der Waals surface area contributed by atoms with Crippen molar-refractivity contribution in [3.63, 3.8) is 0 Å². The summed E-state index contributed by atoms with van der Waals surface area (Å²) in [6.07, 6.45) is 0. The van der Waals surface area contributed by atoms with Crippen molar-refractivity contribution in [2.45, 2.75) is 20.4 Å². The van der Waals surface area contributed by atoms with Gasteiger partial charge in [0.1, 0.15) is 11.6 Å². The first-order chi connectivity index (χ1) is 11.5. The lowest BCUT2D eigenvalue weighted by Gasteiger charge is -2.14. The second-order valence-corrected chi connectivity index (χ2v) is 5.65. The first kappa shape index (κ1) is 15.9. The van der Waals surface area contributed by atoms with E-state index in [0.29, 0.717) is 34.6 Å². The average Bonchev–Trinajstić information content (AvgIpc) is 2.58. The molecule has 0 saturated carbocycles. The molecule has 5 nitrogen and oxygen atoms in total. The Bertz CT molecular complexity index is 990. The van der Waals surface area contributed by atoms with Gasteiger partial charge in [0.2, 0.25) is 0 Å². The minimum absolute atomic E-state index is 0.0281. The van der Waals surface area contributed by atoms with Gasteiger partial charge in [0.15, 0.2) is 5.78 Å². The van der Waals surface area contributed by atoms with Gasteiger partial charge in [0.05, 0.1) is 24.6 Å². The highest BCUT2D eigenvalue weighted by molar-refractivity contribution is 5.94. The Balaban J connectivity index is 2.15. The van der Waals surface area contributed by atoms with Crippen molar-refractivity contribution in [2.24, 2.45) is 0 Å². The summed E-state index contributed by atoms with van der Waals surface area (Å²) in [6, 6.07) is 12.5. The van der Waals surface area contributed by atoms with Crippen LogP contribution in [0.5, 0.6) is 5.75 Å². The van der Waals surface area contributed by atoms with Crippen molar-refractivity contribution in [2.75, 3.05) is 7.11 Å². The largest absolute Gasteiger partial charge is 0.496 e. The molecule has 0 unspecified atom stereocenters. The van der Waals surface area contributed by atoms with Gasteiger partial charge < -0.3 is 4.74 Å². The minimum Gasteiger partial charge on any atom is -0.496 e. The summed E-state index contributed by atoms with van der Waals surface area (Å²) >= 11 is 0. The van der Waals surface area contributed by atoms with E-state index in [4.69, 9.17) is 4.74 Å². The molecule has 2 aromatic carbocycles. The van der Waals surface area contributed by atoms with Crippen molar-refractivity contribution in [1.29, 1.82) is 0 Å². The zero-order valence-electron chi connectivity index (χ0n) is 13.9. The maximum atomic E-state index is 12.8. The number of fused-ring (bicyclic) bond motifs is 1. The van der Waals surface area contributed by atoms with E-state index >= 15 is 0 Å². The molecule has 0 aliphatic heterocycles. The fourth-order valence-corrected chi connectivity index (χ4v) is 2.76. The van der Waals surface area contributed by atoms with Crippen LogP contribution in [-0.4, -0.2) is 22.4 Å². The highest BCUT2D eigenvalue weighted by Crippen LogP contribution is 2.21. The lowest BCUT2D eigenvalue weighted by Crippen LogP contribution is -2.24. The summed E-state index contributed by atoms with van der Waals surface area (Å²) in [5, 5.41) is 0.574. The van der Waals surface area contributed by atoms with E-state index in [2.05, 4.69) is 4.98 Å². The van der Waals surface area contributed by atoms with Crippen molar-refractivity contribution in [3.8, 4) is 5.75 Å². The van der Waals surface area contributed by atoms with Crippen LogP contribution in [0.4, 0.5) is 0 Å². The normalized spacial score (nSPS) is 10.8. The van der Waals surface area contributed by atoms with Crippen LogP contribution in [0.25, 0.3) is 10.9 Å². The van der Waals surface area contributed by atoms with E-state index in [1.54, 1.807) is 42.9 Å². The quantitative estimate of drug-likeness (QED) is 0.693. The number of Topliss-reactive ketones (excluding diaryl/α,β-unsaturated/α-hetero) is 1. The number of ether oxygens (including phenoxy) is 1. The number of hydrogen-bond donors (Lipinski definition) is 0. The van der Waals surface area contributed by atoms with E-state index < -0.39 is 0 Å². The fourth-order valence-electron chi connectivity index (χ4n) is 2.76. The summed E-state index contributed by atoms with van der Waals surface area (Å²) in [7, 11) is 1.57. The third-order valence-corrected chi connectivity index (χ3v) is 4.07. The molecule has 0 bridgehead atoms. The number of carbonyl (C=O) groups excluding carboxylic acids is 1. The lowest BCUT2D eigenvalue weighted by molar-refractivity contribution is 0.101. The molecule has 0 saturated heterocycles. The summed E-state index contributed by atoms with van der Waals surface area (Å²) in [5.74, 6) is 1.23. The molecule has 0 atom stereocenters. The Morgan fingerprint density at radius 3 is 2.67 bits per heavy atom. The number of methoxy groups -OCH3 is 1. The van der Waals surface area contributed by atoms with Gasteiger partial charge in [-0.15, -0.1) is 0 Å². The highest BCUT2D eigenvalue weighted by Gasteiger charge is 2.12. The van der Waals surface area contributed by atoms with Crippen molar-refractivity contribution >= 4 is 16.7 Å². The Hall–Kier alpha value is -2.95. The van der Waals surface area contributed by atoms with Crippen LogP contribution in [0.3, 0.4) is 0 Å². The molecule has 0 amide bonds. The highest BCUT2D eigenvalue weighted by atomic mass is 16.5. The Morgan fingerprint density at radius 1 is 1.21 bits per heavy atom. The molecule has 122 valence electrons. The zero-order valence-corrected chi connectivity index (χ0v) is 13.9. The van der Waals surface area contributed by atoms with Crippen molar-refractivity contribution in [3.05, 3.63) is 69.8 Å². The summed E-state index contributed by atoms with van der Waals surface area (Å²) < 4.78 is 6.97. The van der Waals surface area contributed by atoms with E-state index in [9.17, 15) is 9.59 Å². The van der Waals surface area contributed by atoms with E-state index in [0.717, 1.165) is 5.56 Å². The van der Waals surface area contributed by atoms with E-state index in [1.165, 1.54) is 6.92 Å². The lowest BCUT2D eigenvalue weighted by atomic mass is 10.1. The van der Waals surface area contributed by atoms with Gasteiger partial charge in [-0.3, -0.25) is 14.2 Å². The summed E-state index contributed by atoms with van der Waals surface area (Å²) in [4.78, 5) is 28.9. The first-order valence-corrected chi connectivity index (χ1v) is 7.65. The molecule has 0 radical (unpaired) electrons. The first-order valence-electron chi connectivity index (χ1n) is 7.65. The smallest absolute Gasteiger partial charge is 0.261 e. The maximum Gasteiger partial charge on any atom is 0.261 e. The van der Waals surface area contributed by atoms with Gasteiger partial charge in [-0.25, -0.2) is 4.98 Å². The fraction of sp³-hybridized carbons (Fsp3) is 0.211. The van der Waals surface area contributed by atoms with Gasteiger partial charge in [-0.1, -0.05) is 12.1 Å². The number of para-hydroxylation sites is 1. The van der Waals surface area contributed by atoms with Crippen LogP contribution in [0.2, 0.25) is 0 Å². The number of ketones is 1. The van der Waals surface area contributed by atoms with E-state index in [-0.39, 0.29) is 11.3 Å². The van der Waals surface area contributed by atoms with Gasteiger partial charge in [0, 0.05) is 11.1 Å². The number of aryl methyl sites for hydroxylation is 1. The number of aromatic nitrogens is 2. The number of hydrogen-bond acceptors (Lipinski definition) is 4. The SMILES string of the molecule is COc1ccc(C(C)=O)cc1Cn1c(C)nc2ccccc2c1=O. The molecule has 3 aromatic rings. The molecular formula is C19H18N2O3. The molecule has 24 heavy (non-hydrogen) atoms. The average molecular weight is 322 g/mol. The number of carbonyl (C=O) groups is 1. The van der Waals surface area contributed by atoms with Crippen LogP contribution in [0, 0.1) is 6.92 Å². The molecule has 0 spiro atoms. The number of rotatable bonds is 4. The predicted octanol–water partition coefficient (Wildman–Crippen LogP) is 2.96. The van der Waals surface area contributed by atoms with Crippen LogP contribution in [0.15, 0.2) is 47.3 Å². The zero-order chi connectivity index (χ0) is 17.3. The van der Waals surface area contributed by atoms with Crippen LogP contribution < -0.4 is 10.3 Å². The Morgan fingerprint density at radius 2 is 1.96 bits per heavy atom.